The van der Waals surface area contributed by atoms with E-state index in [-0.39, 0.29) is 23.8 Å². The maximum absolute atomic E-state index is 13.1. The topological polar surface area (TPSA) is 77.8 Å². The lowest BCUT2D eigenvalue weighted by atomic mass is 9.65. The van der Waals surface area contributed by atoms with Gasteiger partial charge in [-0.05, 0) is 31.4 Å². The number of aliphatic carboxylic acids is 1. The van der Waals surface area contributed by atoms with Gasteiger partial charge in [0.2, 0.25) is 5.91 Å². The van der Waals surface area contributed by atoms with E-state index in [1.165, 1.54) is 11.8 Å². The predicted octanol–water partition coefficient (Wildman–Crippen LogP) is 3.33. The quantitative estimate of drug-likeness (QED) is 0.713. The molecule has 4 rings (SSSR count). The van der Waals surface area contributed by atoms with Crippen LogP contribution in [-0.4, -0.2) is 49.3 Å². The van der Waals surface area contributed by atoms with E-state index in [2.05, 4.69) is 0 Å². The molecule has 152 valence electrons. The third kappa shape index (κ3) is 2.73. The molecule has 2 aliphatic heterocycles. The zero-order chi connectivity index (χ0) is 20.8. The lowest BCUT2D eigenvalue weighted by Crippen LogP contribution is -2.72. The van der Waals surface area contributed by atoms with Gasteiger partial charge in [-0.2, -0.15) is 0 Å². The zero-order valence-electron chi connectivity index (χ0n) is 16.5. The van der Waals surface area contributed by atoms with Gasteiger partial charge < -0.3 is 15.1 Å². The number of aliphatic hydroxyl groups is 1. The largest absolute Gasteiger partial charge is 0.479 e. The minimum absolute atomic E-state index is 0.0807. The summed E-state index contributed by atoms with van der Waals surface area (Å²) in [5.41, 5.74) is 0.302. The standard InChI is InChI=1S/C23H25NO4S/c1-22(2)23(21(27)28,24-19(26)17(13-14-25)20(24)29-22)18(15-9-5-3-6-10-15)16-11-7-4-8-12-16/h3-12,17-18,20,25H,13-14H2,1-2H3,(H,27,28)/t17-,20-,23+/m1/s1. The number of hydrogen-bond donors (Lipinski definition) is 2. The lowest BCUT2D eigenvalue weighted by molar-refractivity contribution is -0.176. The van der Waals surface area contributed by atoms with Crippen LogP contribution in [0.15, 0.2) is 60.7 Å². The van der Waals surface area contributed by atoms with Crippen LogP contribution >= 0.6 is 11.8 Å². The maximum Gasteiger partial charge on any atom is 0.332 e. The first-order chi connectivity index (χ1) is 13.9. The Morgan fingerprint density at radius 2 is 1.59 bits per heavy atom. The maximum atomic E-state index is 13.1. The molecule has 2 N–H and O–H groups in total. The summed E-state index contributed by atoms with van der Waals surface area (Å²) in [7, 11) is 0. The fraction of sp³-hybridized carbons (Fsp3) is 0.391. The average Bonchev–Trinajstić information content (AvgIpc) is 2.93. The first kappa shape index (κ1) is 20.0. The van der Waals surface area contributed by atoms with Crippen LogP contribution < -0.4 is 0 Å². The van der Waals surface area contributed by atoms with Crippen molar-refractivity contribution in [2.24, 2.45) is 5.92 Å². The Kier molecular flexibility index (Phi) is 4.95. The van der Waals surface area contributed by atoms with E-state index in [1.807, 2.05) is 74.5 Å². The fourth-order valence-corrected chi connectivity index (χ4v) is 6.94. The van der Waals surface area contributed by atoms with Crippen LogP contribution in [0.25, 0.3) is 0 Å². The predicted molar refractivity (Wildman–Crippen MR) is 113 cm³/mol. The van der Waals surface area contributed by atoms with Crippen molar-refractivity contribution >= 4 is 23.6 Å². The van der Waals surface area contributed by atoms with E-state index >= 15 is 0 Å². The van der Waals surface area contributed by atoms with Crippen molar-refractivity contribution in [2.75, 3.05) is 6.61 Å². The van der Waals surface area contributed by atoms with Gasteiger partial charge in [-0.15, -0.1) is 11.8 Å². The minimum Gasteiger partial charge on any atom is -0.479 e. The van der Waals surface area contributed by atoms with Crippen molar-refractivity contribution < 1.29 is 19.8 Å². The van der Waals surface area contributed by atoms with Gasteiger partial charge in [0.1, 0.15) is 0 Å². The summed E-state index contributed by atoms with van der Waals surface area (Å²) in [4.78, 5) is 27.8. The van der Waals surface area contributed by atoms with E-state index < -0.39 is 22.2 Å². The highest BCUT2D eigenvalue weighted by molar-refractivity contribution is 8.01. The number of rotatable bonds is 6. The van der Waals surface area contributed by atoms with Gasteiger partial charge in [0.25, 0.3) is 0 Å². The number of β-lactam (4-membered cyclic amide) rings is 1. The zero-order valence-corrected chi connectivity index (χ0v) is 17.3. The Labute approximate surface area is 174 Å². The lowest BCUT2D eigenvalue weighted by Gasteiger charge is -2.53. The molecule has 0 spiro atoms. The fourth-order valence-electron chi connectivity index (χ4n) is 5.06. The average molecular weight is 412 g/mol. The van der Waals surface area contributed by atoms with Crippen molar-refractivity contribution in [1.29, 1.82) is 0 Å². The molecule has 2 aromatic rings. The molecule has 0 aliphatic carbocycles. The number of carbonyl (C=O) groups excluding carboxylic acids is 1. The molecule has 3 atom stereocenters. The van der Waals surface area contributed by atoms with E-state index in [0.29, 0.717) is 6.42 Å². The van der Waals surface area contributed by atoms with Crippen molar-refractivity contribution in [3.8, 4) is 0 Å². The Hall–Kier alpha value is -2.31. The van der Waals surface area contributed by atoms with Crippen molar-refractivity contribution in [3.63, 3.8) is 0 Å². The second-order valence-corrected chi connectivity index (χ2v) is 9.91. The Morgan fingerprint density at radius 3 is 2.03 bits per heavy atom. The molecule has 1 amide bonds. The van der Waals surface area contributed by atoms with E-state index in [9.17, 15) is 19.8 Å². The van der Waals surface area contributed by atoms with Gasteiger partial charge in [0.15, 0.2) is 5.54 Å². The van der Waals surface area contributed by atoms with Crippen molar-refractivity contribution in [2.45, 2.75) is 41.8 Å². The smallest absolute Gasteiger partial charge is 0.332 e. The summed E-state index contributed by atoms with van der Waals surface area (Å²) < 4.78 is -0.736. The van der Waals surface area contributed by atoms with Gasteiger partial charge >= 0.3 is 5.97 Å². The second kappa shape index (κ2) is 7.18. The van der Waals surface area contributed by atoms with Gasteiger partial charge in [-0.3, -0.25) is 4.79 Å². The summed E-state index contributed by atoms with van der Waals surface area (Å²) >= 11 is 1.54. The molecule has 2 fully saturated rings. The molecule has 0 aromatic heterocycles. The second-order valence-electron chi connectivity index (χ2n) is 8.17. The molecule has 6 heteroatoms. The minimum atomic E-state index is -1.44. The van der Waals surface area contributed by atoms with Crippen LogP contribution in [0.1, 0.15) is 37.3 Å². The van der Waals surface area contributed by atoms with Crippen LogP contribution in [0.4, 0.5) is 0 Å². The number of benzene rings is 2. The summed E-state index contributed by atoms with van der Waals surface area (Å²) in [5, 5.41) is 19.8. The summed E-state index contributed by atoms with van der Waals surface area (Å²) in [6.07, 6.45) is 0.361. The van der Waals surface area contributed by atoms with E-state index in [1.54, 1.807) is 4.90 Å². The molecular formula is C23H25NO4S. The number of carboxylic acid groups (broad SMARTS) is 1. The first-order valence-electron chi connectivity index (χ1n) is 9.81. The van der Waals surface area contributed by atoms with Crippen molar-refractivity contribution in [3.05, 3.63) is 71.8 Å². The molecule has 0 radical (unpaired) electrons. The van der Waals surface area contributed by atoms with Crippen LogP contribution in [0.2, 0.25) is 0 Å². The summed E-state index contributed by atoms with van der Waals surface area (Å²) in [5.74, 6) is -2.03. The number of aliphatic hydroxyl groups excluding tert-OH is 1. The number of amides is 1. The SMILES string of the molecule is CC1(C)S[C@@H]2[C@H](CCO)C(=O)N2[C@]1(C(=O)O)C(c1ccccc1)c1ccccc1. The summed E-state index contributed by atoms with van der Waals surface area (Å²) in [6, 6.07) is 19.2. The molecule has 2 saturated heterocycles. The van der Waals surface area contributed by atoms with Gasteiger partial charge in [0.05, 0.1) is 11.3 Å². The number of carboxylic acids is 1. The number of nitrogens with zero attached hydrogens (tertiary/aromatic N) is 1. The Bertz CT molecular complexity index is 877. The number of fused-ring (bicyclic) bond motifs is 1. The molecule has 5 nitrogen and oxygen atoms in total. The molecule has 2 heterocycles. The highest BCUT2D eigenvalue weighted by atomic mass is 32.2. The van der Waals surface area contributed by atoms with Crippen LogP contribution in [-0.2, 0) is 9.59 Å². The third-order valence-electron chi connectivity index (χ3n) is 6.32. The number of thioether (sulfide) groups is 1. The van der Waals surface area contributed by atoms with E-state index in [4.69, 9.17) is 0 Å². The molecule has 0 bridgehead atoms. The Morgan fingerprint density at radius 1 is 1.07 bits per heavy atom. The first-order valence-corrected chi connectivity index (χ1v) is 10.7. The molecule has 0 saturated carbocycles. The third-order valence-corrected chi connectivity index (χ3v) is 8.00. The Balaban J connectivity index is 1.95. The van der Waals surface area contributed by atoms with Gasteiger partial charge in [-0.25, -0.2) is 4.79 Å². The van der Waals surface area contributed by atoms with Crippen LogP contribution in [0.5, 0.6) is 0 Å². The molecule has 0 unspecified atom stereocenters. The molecule has 2 aliphatic rings. The van der Waals surface area contributed by atoms with Crippen LogP contribution in [0, 0.1) is 5.92 Å². The van der Waals surface area contributed by atoms with Crippen LogP contribution in [0.3, 0.4) is 0 Å². The van der Waals surface area contributed by atoms with Crippen molar-refractivity contribution in [1.82, 2.24) is 4.90 Å². The number of hydrogen-bond acceptors (Lipinski definition) is 4. The molecule has 2 aromatic carbocycles. The van der Waals surface area contributed by atoms with Gasteiger partial charge in [-0.1, -0.05) is 60.7 Å². The number of carbonyl (C=O) groups is 2. The highest BCUT2D eigenvalue weighted by Gasteiger charge is 2.75. The molecule has 29 heavy (non-hydrogen) atoms. The van der Waals surface area contributed by atoms with E-state index in [0.717, 1.165) is 11.1 Å². The highest BCUT2D eigenvalue weighted by Crippen LogP contribution is 2.64. The van der Waals surface area contributed by atoms with Gasteiger partial charge in [0, 0.05) is 17.3 Å². The summed E-state index contributed by atoms with van der Waals surface area (Å²) in [6.45, 7) is 3.77. The monoisotopic (exact) mass is 411 g/mol. The normalized spacial score (nSPS) is 27.6. The molecular weight excluding hydrogens is 386 g/mol.